The maximum atomic E-state index is 12.9. The average Bonchev–Trinajstić information content (AvgIpc) is 3.40. The molecule has 0 atom stereocenters. The van der Waals surface area contributed by atoms with E-state index in [1.807, 2.05) is 22.2 Å². The van der Waals surface area contributed by atoms with Gasteiger partial charge in [0.25, 0.3) is 0 Å². The molecule has 11 heteroatoms. The number of esters is 1. The van der Waals surface area contributed by atoms with Crippen LogP contribution in [0, 0.1) is 5.92 Å². The van der Waals surface area contributed by atoms with E-state index < -0.39 is 16.0 Å². The molecular formula is C21H24N4O5S2. The zero-order valence-electron chi connectivity index (χ0n) is 17.6. The van der Waals surface area contributed by atoms with Crippen molar-refractivity contribution < 1.29 is 22.7 Å². The van der Waals surface area contributed by atoms with Crippen LogP contribution in [-0.4, -0.2) is 53.7 Å². The Labute approximate surface area is 190 Å². The number of aromatic nitrogens is 2. The van der Waals surface area contributed by atoms with Crippen LogP contribution in [0.5, 0.6) is 0 Å². The number of ether oxygens (including phenoxy) is 1. The van der Waals surface area contributed by atoms with Crippen LogP contribution in [0.2, 0.25) is 0 Å². The highest BCUT2D eigenvalue weighted by molar-refractivity contribution is 7.89. The van der Waals surface area contributed by atoms with Crippen LogP contribution >= 0.6 is 11.3 Å². The van der Waals surface area contributed by atoms with E-state index in [1.54, 1.807) is 6.92 Å². The first-order chi connectivity index (χ1) is 15.4. The summed E-state index contributed by atoms with van der Waals surface area (Å²) in [5.41, 5.74) is 1.09. The number of hydrogen-bond acceptors (Lipinski definition) is 7. The van der Waals surface area contributed by atoms with E-state index in [9.17, 15) is 18.0 Å². The van der Waals surface area contributed by atoms with Crippen LogP contribution in [0.1, 0.15) is 35.8 Å². The number of piperidine rings is 1. The summed E-state index contributed by atoms with van der Waals surface area (Å²) in [4.78, 5) is 29.8. The molecule has 1 aliphatic heterocycles. The molecule has 1 amide bonds. The van der Waals surface area contributed by atoms with E-state index in [4.69, 9.17) is 4.74 Å². The Morgan fingerprint density at radius 1 is 1.22 bits per heavy atom. The molecule has 1 saturated heterocycles. The van der Waals surface area contributed by atoms with Gasteiger partial charge in [-0.15, -0.1) is 11.3 Å². The number of imidazole rings is 1. The molecule has 0 saturated carbocycles. The minimum atomic E-state index is -3.69. The van der Waals surface area contributed by atoms with Crippen molar-refractivity contribution >= 4 is 38.2 Å². The summed E-state index contributed by atoms with van der Waals surface area (Å²) >= 11 is 1.53. The normalized spacial score (nSPS) is 15.7. The van der Waals surface area contributed by atoms with Crippen molar-refractivity contribution in [3.8, 4) is 0 Å². The zero-order valence-corrected chi connectivity index (χ0v) is 19.2. The van der Waals surface area contributed by atoms with E-state index in [0.717, 1.165) is 10.7 Å². The van der Waals surface area contributed by atoms with Gasteiger partial charge in [-0.25, -0.2) is 18.2 Å². The number of rotatable bonds is 7. The van der Waals surface area contributed by atoms with Crippen molar-refractivity contribution in [2.24, 2.45) is 5.92 Å². The molecule has 9 nitrogen and oxygen atoms in total. The number of nitrogens with one attached hydrogen (secondary N) is 1. The fourth-order valence-corrected chi connectivity index (χ4v) is 5.86. The van der Waals surface area contributed by atoms with Gasteiger partial charge in [0.15, 0.2) is 4.96 Å². The Bertz CT molecular complexity index is 1180. The summed E-state index contributed by atoms with van der Waals surface area (Å²) < 4.78 is 34.1. The van der Waals surface area contributed by atoms with Crippen LogP contribution in [0.25, 0.3) is 4.96 Å². The van der Waals surface area contributed by atoms with E-state index >= 15 is 0 Å². The average molecular weight is 477 g/mol. The lowest BCUT2D eigenvalue weighted by Gasteiger charge is -2.30. The second kappa shape index (κ2) is 9.39. The molecule has 170 valence electrons. The number of sulfonamides is 1. The van der Waals surface area contributed by atoms with Crippen molar-refractivity contribution in [3.05, 3.63) is 53.3 Å². The van der Waals surface area contributed by atoms with E-state index in [-0.39, 0.29) is 36.4 Å². The fraction of sp³-hybridized carbons (Fsp3) is 0.381. The number of benzene rings is 1. The number of amides is 1. The Hall–Kier alpha value is -2.76. The van der Waals surface area contributed by atoms with E-state index in [1.165, 1.54) is 39.9 Å². The predicted octanol–water partition coefficient (Wildman–Crippen LogP) is 2.29. The van der Waals surface area contributed by atoms with E-state index in [2.05, 4.69) is 10.3 Å². The number of thiazole rings is 1. The zero-order chi connectivity index (χ0) is 22.7. The number of carbonyl (C=O) groups is 2. The third-order valence-electron chi connectivity index (χ3n) is 5.41. The lowest BCUT2D eigenvalue weighted by molar-refractivity contribution is -0.126. The van der Waals surface area contributed by atoms with E-state index in [0.29, 0.717) is 24.9 Å². The first-order valence-corrected chi connectivity index (χ1v) is 12.7. The Morgan fingerprint density at radius 3 is 2.59 bits per heavy atom. The van der Waals surface area contributed by atoms with Gasteiger partial charge in [-0.05, 0) is 44.0 Å². The fourth-order valence-electron chi connectivity index (χ4n) is 3.67. The molecule has 1 aliphatic rings. The van der Waals surface area contributed by atoms with Crippen molar-refractivity contribution in [3.63, 3.8) is 0 Å². The third kappa shape index (κ3) is 4.69. The molecule has 4 rings (SSSR count). The number of carbonyl (C=O) groups excluding carboxylic acids is 2. The first kappa shape index (κ1) is 22.4. The highest BCUT2D eigenvalue weighted by Crippen LogP contribution is 2.24. The number of hydrogen-bond donors (Lipinski definition) is 1. The van der Waals surface area contributed by atoms with Crippen molar-refractivity contribution in [2.45, 2.75) is 31.2 Å². The number of fused-ring (bicyclic) bond motifs is 1. The summed E-state index contributed by atoms with van der Waals surface area (Å²) in [6.07, 6.45) is 4.70. The van der Waals surface area contributed by atoms with Gasteiger partial charge < -0.3 is 10.1 Å². The number of nitrogens with zero attached hydrogens (tertiary/aromatic N) is 3. The van der Waals surface area contributed by atoms with Gasteiger partial charge in [0.05, 0.1) is 29.3 Å². The molecule has 0 radical (unpaired) electrons. The molecule has 0 aliphatic carbocycles. The molecule has 0 unspecified atom stereocenters. The van der Waals surface area contributed by atoms with Crippen LogP contribution in [0.4, 0.5) is 0 Å². The minimum absolute atomic E-state index is 0.0859. The smallest absolute Gasteiger partial charge is 0.338 e. The molecule has 3 heterocycles. The van der Waals surface area contributed by atoms with Gasteiger partial charge in [-0.1, -0.05) is 0 Å². The summed E-state index contributed by atoms with van der Waals surface area (Å²) in [5.74, 6) is -0.813. The molecule has 3 aromatic rings. The molecule has 1 aromatic carbocycles. The van der Waals surface area contributed by atoms with Gasteiger partial charge >= 0.3 is 5.97 Å². The Morgan fingerprint density at radius 2 is 1.94 bits per heavy atom. The van der Waals surface area contributed by atoms with Crippen LogP contribution < -0.4 is 5.32 Å². The van der Waals surface area contributed by atoms with Crippen molar-refractivity contribution in [1.29, 1.82) is 0 Å². The summed E-state index contributed by atoms with van der Waals surface area (Å²) in [6, 6.07) is 5.72. The highest BCUT2D eigenvalue weighted by Gasteiger charge is 2.32. The molecule has 1 fully saturated rings. The largest absolute Gasteiger partial charge is 0.462 e. The maximum Gasteiger partial charge on any atom is 0.338 e. The molecular weight excluding hydrogens is 452 g/mol. The molecule has 0 bridgehead atoms. The van der Waals surface area contributed by atoms with Crippen LogP contribution in [-0.2, 0) is 26.1 Å². The van der Waals surface area contributed by atoms with Crippen molar-refractivity contribution in [2.75, 3.05) is 19.7 Å². The molecule has 1 N–H and O–H groups in total. The molecule has 32 heavy (non-hydrogen) atoms. The predicted molar refractivity (Wildman–Crippen MR) is 119 cm³/mol. The highest BCUT2D eigenvalue weighted by atomic mass is 32.2. The quantitative estimate of drug-likeness (QED) is 0.524. The monoisotopic (exact) mass is 476 g/mol. The van der Waals surface area contributed by atoms with Gasteiger partial charge in [0.1, 0.15) is 0 Å². The second-order valence-electron chi connectivity index (χ2n) is 7.47. The maximum absolute atomic E-state index is 12.9. The van der Waals surface area contributed by atoms with Crippen LogP contribution in [0.15, 0.2) is 46.9 Å². The summed E-state index contributed by atoms with van der Waals surface area (Å²) in [6.45, 7) is 2.84. The lowest BCUT2D eigenvalue weighted by Crippen LogP contribution is -2.42. The Kier molecular flexibility index (Phi) is 6.58. The summed E-state index contributed by atoms with van der Waals surface area (Å²) in [5, 5.41) is 4.86. The topological polar surface area (TPSA) is 110 Å². The van der Waals surface area contributed by atoms with Gasteiger partial charge in [0, 0.05) is 36.8 Å². The Balaban J connectivity index is 1.31. The second-order valence-corrected chi connectivity index (χ2v) is 10.3. The SMILES string of the molecule is CCOC(=O)c1ccc(S(=O)(=O)N2CCC(C(=O)NCc3cn4ccsc4n3)CC2)cc1. The minimum Gasteiger partial charge on any atom is -0.462 e. The van der Waals surface area contributed by atoms with Gasteiger partial charge in [-0.3, -0.25) is 9.20 Å². The van der Waals surface area contributed by atoms with Gasteiger partial charge in [0.2, 0.25) is 15.9 Å². The first-order valence-electron chi connectivity index (χ1n) is 10.3. The van der Waals surface area contributed by atoms with Gasteiger partial charge in [-0.2, -0.15) is 4.31 Å². The lowest BCUT2D eigenvalue weighted by atomic mass is 9.97. The summed E-state index contributed by atoms with van der Waals surface area (Å²) in [7, 11) is -3.69. The van der Waals surface area contributed by atoms with Crippen LogP contribution in [0.3, 0.4) is 0 Å². The van der Waals surface area contributed by atoms with Crippen molar-refractivity contribution in [1.82, 2.24) is 19.0 Å². The molecule has 2 aromatic heterocycles. The standard InChI is InChI=1S/C21H24N4O5S2/c1-2-30-20(27)16-3-5-18(6-4-16)32(28,29)25-9-7-15(8-10-25)19(26)22-13-17-14-24-11-12-31-21(24)23-17/h3-6,11-12,14-15H,2,7-10,13H2,1H3,(H,22,26). The third-order valence-corrected chi connectivity index (χ3v) is 8.10. The molecule has 0 spiro atoms.